The van der Waals surface area contributed by atoms with Gasteiger partial charge in [0.25, 0.3) is 0 Å². The van der Waals surface area contributed by atoms with Crippen molar-refractivity contribution in [3.05, 3.63) is 78.7 Å². The first-order valence-corrected chi connectivity index (χ1v) is 11.8. The standard InChI is InChI=1S/C29H36N4/c1-14-16(3)24(30-22(14)9)11-26-18(5)20(7)28(32-26)13-29-21(8)19(6)27(33-29)12-25-17(4)15(2)23(10)31-25/h11-12,30-31H,13H2,1-10H3/b26-11-,27-12-. The van der Waals surface area contributed by atoms with E-state index in [1.807, 2.05) is 0 Å². The third-order valence-corrected chi connectivity index (χ3v) is 7.87. The Bertz CT molecular complexity index is 1250. The van der Waals surface area contributed by atoms with Crippen molar-refractivity contribution >= 4 is 23.6 Å². The van der Waals surface area contributed by atoms with E-state index in [9.17, 15) is 0 Å². The summed E-state index contributed by atoms with van der Waals surface area (Å²) in [6, 6.07) is 0. The van der Waals surface area contributed by atoms with Crippen LogP contribution in [0.5, 0.6) is 0 Å². The van der Waals surface area contributed by atoms with Crippen molar-refractivity contribution in [2.45, 2.75) is 75.7 Å². The van der Waals surface area contributed by atoms with Gasteiger partial charge in [0.1, 0.15) is 0 Å². The molecule has 0 saturated heterocycles. The highest BCUT2D eigenvalue weighted by Crippen LogP contribution is 2.33. The molecule has 2 aromatic rings. The van der Waals surface area contributed by atoms with Gasteiger partial charge in [0.2, 0.25) is 0 Å². The second kappa shape index (κ2) is 8.33. The summed E-state index contributed by atoms with van der Waals surface area (Å²) in [6.45, 7) is 21.6. The Morgan fingerprint density at radius 3 is 1.18 bits per heavy atom. The fourth-order valence-corrected chi connectivity index (χ4v) is 4.53. The van der Waals surface area contributed by atoms with Gasteiger partial charge in [-0.25, -0.2) is 0 Å². The van der Waals surface area contributed by atoms with Crippen molar-refractivity contribution in [2.24, 2.45) is 9.98 Å². The fraction of sp³-hybridized carbons (Fsp3) is 0.379. The minimum absolute atomic E-state index is 0.755. The van der Waals surface area contributed by atoms with E-state index in [4.69, 9.17) is 9.98 Å². The summed E-state index contributed by atoms with van der Waals surface area (Å²) in [7, 11) is 0. The van der Waals surface area contributed by atoms with Crippen LogP contribution in [-0.4, -0.2) is 21.4 Å². The van der Waals surface area contributed by atoms with Crippen LogP contribution in [0.25, 0.3) is 12.2 Å². The molecule has 0 amide bonds. The lowest BCUT2D eigenvalue weighted by Gasteiger charge is -2.04. The number of aromatic nitrogens is 2. The zero-order valence-electron chi connectivity index (χ0n) is 21.8. The van der Waals surface area contributed by atoms with Crippen LogP contribution in [0.1, 0.15) is 79.1 Å². The Morgan fingerprint density at radius 1 is 0.515 bits per heavy atom. The number of nitrogens with zero attached hydrogens (tertiary/aromatic N) is 2. The number of allylic oxidation sites excluding steroid dienone is 4. The predicted octanol–water partition coefficient (Wildman–Crippen LogP) is 7.55. The van der Waals surface area contributed by atoms with Crippen LogP contribution in [0.15, 0.2) is 43.7 Å². The molecule has 172 valence electrons. The van der Waals surface area contributed by atoms with E-state index in [0.717, 1.165) is 40.6 Å². The number of aliphatic imine (C=N–C) groups is 2. The van der Waals surface area contributed by atoms with Gasteiger partial charge in [0.15, 0.2) is 0 Å². The van der Waals surface area contributed by atoms with E-state index in [-0.39, 0.29) is 0 Å². The van der Waals surface area contributed by atoms with Gasteiger partial charge in [0, 0.05) is 29.2 Å². The minimum Gasteiger partial charge on any atom is -0.359 e. The molecular formula is C29H36N4. The van der Waals surface area contributed by atoms with E-state index in [0.29, 0.717) is 0 Å². The highest BCUT2D eigenvalue weighted by Gasteiger charge is 2.24. The van der Waals surface area contributed by atoms with E-state index in [1.54, 1.807) is 0 Å². The number of aryl methyl sites for hydroxylation is 2. The Morgan fingerprint density at radius 2 is 0.879 bits per heavy atom. The van der Waals surface area contributed by atoms with Crippen LogP contribution in [0, 0.1) is 41.5 Å². The third kappa shape index (κ3) is 3.92. The number of H-pyrrole nitrogens is 2. The molecule has 4 heteroatoms. The van der Waals surface area contributed by atoms with Gasteiger partial charge in [-0.05, 0) is 126 Å². The molecule has 33 heavy (non-hydrogen) atoms. The maximum atomic E-state index is 5.04. The summed E-state index contributed by atoms with van der Waals surface area (Å²) in [5.41, 5.74) is 19.3. The molecule has 2 N–H and O–H groups in total. The molecule has 0 radical (unpaired) electrons. The van der Waals surface area contributed by atoms with Crippen LogP contribution in [-0.2, 0) is 0 Å². The quantitative estimate of drug-likeness (QED) is 0.493. The third-order valence-electron chi connectivity index (χ3n) is 7.87. The van der Waals surface area contributed by atoms with Gasteiger partial charge in [0.05, 0.1) is 22.8 Å². The zero-order chi connectivity index (χ0) is 24.2. The second-order valence-corrected chi connectivity index (χ2v) is 9.68. The van der Waals surface area contributed by atoms with Crippen molar-refractivity contribution in [3.63, 3.8) is 0 Å². The second-order valence-electron chi connectivity index (χ2n) is 9.68. The van der Waals surface area contributed by atoms with Gasteiger partial charge >= 0.3 is 0 Å². The van der Waals surface area contributed by atoms with Gasteiger partial charge < -0.3 is 9.97 Å². The molecule has 2 aliphatic rings. The average molecular weight is 441 g/mol. The Balaban J connectivity index is 1.65. The molecule has 0 unspecified atom stereocenters. The lowest BCUT2D eigenvalue weighted by atomic mass is 9.99. The molecule has 0 saturated carbocycles. The highest BCUT2D eigenvalue weighted by atomic mass is 14.8. The largest absolute Gasteiger partial charge is 0.359 e. The first-order valence-electron chi connectivity index (χ1n) is 11.8. The lowest BCUT2D eigenvalue weighted by molar-refractivity contribution is 1.21. The molecule has 0 spiro atoms. The number of aromatic amines is 2. The molecule has 4 nitrogen and oxygen atoms in total. The first-order chi connectivity index (χ1) is 15.5. The van der Waals surface area contributed by atoms with Crippen LogP contribution in [0.3, 0.4) is 0 Å². The Labute approximate surface area is 198 Å². The minimum atomic E-state index is 0.755. The molecule has 4 rings (SSSR count). The molecule has 0 atom stereocenters. The highest BCUT2D eigenvalue weighted by molar-refractivity contribution is 6.20. The molecule has 0 fully saturated rings. The number of hydrogen-bond donors (Lipinski definition) is 2. The monoisotopic (exact) mass is 440 g/mol. The van der Waals surface area contributed by atoms with Crippen molar-refractivity contribution in [3.8, 4) is 0 Å². The normalized spacial score (nSPS) is 19.0. The molecule has 2 aliphatic heterocycles. The topological polar surface area (TPSA) is 56.3 Å². The lowest BCUT2D eigenvalue weighted by Crippen LogP contribution is -2.07. The van der Waals surface area contributed by atoms with Crippen LogP contribution >= 0.6 is 0 Å². The number of hydrogen-bond acceptors (Lipinski definition) is 2. The van der Waals surface area contributed by atoms with Gasteiger partial charge in [-0.2, -0.15) is 0 Å². The maximum absolute atomic E-state index is 5.04. The van der Waals surface area contributed by atoms with Crippen LogP contribution < -0.4 is 0 Å². The molecule has 0 aliphatic carbocycles. The molecule has 0 aromatic carbocycles. The summed E-state index contributed by atoms with van der Waals surface area (Å²) >= 11 is 0. The fourth-order valence-electron chi connectivity index (χ4n) is 4.53. The average Bonchev–Trinajstić information content (AvgIpc) is 3.38. The van der Waals surface area contributed by atoms with E-state index >= 15 is 0 Å². The van der Waals surface area contributed by atoms with E-state index in [1.165, 1.54) is 55.9 Å². The van der Waals surface area contributed by atoms with Crippen LogP contribution in [0.2, 0.25) is 0 Å². The zero-order valence-corrected chi connectivity index (χ0v) is 21.8. The predicted molar refractivity (Wildman–Crippen MR) is 142 cm³/mol. The van der Waals surface area contributed by atoms with Crippen LogP contribution in [0.4, 0.5) is 0 Å². The smallest absolute Gasteiger partial charge is 0.0686 e. The Kier molecular flexibility index (Phi) is 5.81. The van der Waals surface area contributed by atoms with Gasteiger partial charge in [-0.15, -0.1) is 0 Å². The first kappa shape index (κ1) is 23.0. The SMILES string of the molecule is CC1=C(C)/C(=C/c2[nH]c(C)c(C)c2C)N=C1CC1=N/C(=C\c2[nH]c(C)c(C)c2C)C(C)=C1C. The molecule has 2 aromatic heterocycles. The van der Waals surface area contributed by atoms with Gasteiger partial charge in [-0.1, -0.05) is 0 Å². The molecular weight excluding hydrogens is 404 g/mol. The van der Waals surface area contributed by atoms with Gasteiger partial charge in [-0.3, -0.25) is 9.98 Å². The Hall–Kier alpha value is -3.14. The summed E-state index contributed by atoms with van der Waals surface area (Å²) in [5.74, 6) is 0. The van der Waals surface area contributed by atoms with Crippen molar-refractivity contribution in [1.29, 1.82) is 0 Å². The summed E-state index contributed by atoms with van der Waals surface area (Å²) in [4.78, 5) is 17.1. The van der Waals surface area contributed by atoms with Crippen molar-refractivity contribution < 1.29 is 0 Å². The van der Waals surface area contributed by atoms with E-state index < -0.39 is 0 Å². The maximum Gasteiger partial charge on any atom is 0.0686 e. The number of rotatable bonds is 4. The summed E-state index contributed by atoms with van der Waals surface area (Å²) < 4.78 is 0. The summed E-state index contributed by atoms with van der Waals surface area (Å²) in [5, 5.41) is 0. The number of nitrogens with one attached hydrogen (secondary N) is 2. The molecule has 0 bridgehead atoms. The van der Waals surface area contributed by atoms with E-state index in [2.05, 4.69) is 91.4 Å². The molecule has 4 heterocycles. The summed E-state index contributed by atoms with van der Waals surface area (Å²) in [6.07, 6.45) is 5.13. The van der Waals surface area contributed by atoms with Crippen molar-refractivity contribution in [2.75, 3.05) is 0 Å². The van der Waals surface area contributed by atoms with Crippen molar-refractivity contribution in [1.82, 2.24) is 9.97 Å².